The summed E-state index contributed by atoms with van der Waals surface area (Å²) in [7, 11) is 3.99. The van der Waals surface area contributed by atoms with Gasteiger partial charge in [0.2, 0.25) is 0 Å². The molecule has 1 aliphatic rings. The Labute approximate surface area is 167 Å². The summed E-state index contributed by atoms with van der Waals surface area (Å²) in [5, 5.41) is 33.7. The molecule has 3 rings (SSSR count). The molecule has 0 spiro atoms. The van der Waals surface area contributed by atoms with Gasteiger partial charge in [0.15, 0.2) is 28.4 Å². The topological polar surface area (TPSA) is 129 Å². The summed E-state index contributed by atoms with van der Waals surface area (Å²) in [6.45, 7) is 3.23. The highest BCUT2D eigenvalue weighted by molar-refractivity contribution is 7.99. The lowest BCUT2D eigenvalue weighted by Crippen LogP contribution is -2.33. The second-order valence-corrected chi connectivity index (χ2v) is 8.05. The van der Waals surface area contributed by atoms with Crippen LogP contribution in [-0.4, -0.2) is 97.6 Å². The van der Waals surface area contributed by atoms with Crippen molar-refractivity contribution in [2.45, 2.75) is 43.0 Å². The lowest BCUT2D eigenvalue weighted by atomic mass is 10.1. The van der Waals surface area contributed by atoms with Gasteiger partial charge in [0.25, 0.3) is 0 Å². The van der Waals surface area contributed by atoms with Gasteiger partial charge in [0, 0.05) is 18.8 Å². The Kier molecular flexibility index (Phi) is 7.07. The van der Waals surface area contributed by atoms with Crippen LogP contribution in [0.2, 0.25) is 0 Å². The number of aromatic nitrogens is 4. The molecule has 2 aromatic heterocycles. The van der Waals surface area contributed by atoms with Crippen molar-refractivity contribution in [1.82, 2.24) is 24.4 Å². The molecule has 0 saturated carbocycles. The fourth-order valence-corrected chi connectivity index (χ4v) is 3.67. The van der Waals surface area contributed by atoms with E-state index in [1.54, 1.807) is 16.3 Å². The average molecular weight is 413 g/mol. The zero-order valence-corrected chi connectivity index (χ0v) is 17.1. The summed E-state index contributed by atoms with van der Waals surface area (Å²) < 4.78 is 7.23. The lowest BCUT2D eigenvalue weighted by molar-refractivity contribution is -0.0511. The fourth-order valence-electron chi connectivity index (χ4n) is 2.97. The van der Waals surface area contributed by atoms with Crippen molar-refractivity contribution in [3.8, 4) is 0 Å². The molecular formula is C17H28N6O4S. The van der Waals surface area contributed by atoms with E-state index in [0.29, 0.717) is 28.7 Å². The second-order valence-electron chi connectivity index (χ2n) is 6.99. The lowest BCUT2D eigenvalue weighted by Gasteiger charge is -2.17. The van der Waals surface area contributed by atoms with Crippen molar-refractivity contribution < 1.29 is 20.1 Å². The smallest absolute Gasteiger partial charge is 0.191 e. The third-order valence-electron chi connectivity index (χ3n) is 4.48. The summed E-state index contributed by atoms with van der Waals surface area (Å²) in [6, 6.07) is 0. The van der Waals surface area contributed by atoms with E-state index in [-0.39, 0.29) is 6.61 Å². The van der Waals surface area contributed by atoms with Crippen LogP contribution in [-0.2, 0) is 4.74 Å². The molecule has 1 saturated heterocycles. The van der Waals surface area contributed by atoms with E-state index in [0.717, 1.165) is 18.7 Å². The zero-order chi connectivity index (χ0) is 20.3. The molecule has 2 unspecified atom stereocenters. The summed E-state index contributed by atoms with van der Waals surface area (Å²) in [5.74, 6) is 1.50. The summed E-state index contributed by atoms with van der Waals surface area (Å²) in [6.07, 6.45) is -1.60. The number of ether oxygens (including phenoxy) is 1. The SMILES string of the molecule is CCCSc1nc(NCCN(C)C)c2ncn([C@@H]3O[C@H](CO)C(O)C3O)c2n1. The number of fused-ring (bicyclic) bond motifs is 1. The summed E-state index contributed by atoms with van der Waals surface area (Å²) in [5.41, 5.74) is 1.08. The minimum atomic E-state index is -1.19. The van der Waals surface area contributed by atoms with E-state index in [1.165, 1.54) is 6.33 Å². The van der Waals surface area contributed by atoms with Crippen LogP contribution in [0.5, 0.6) is 0 Å². The molecule has 156 valence electrons. The first-order chi connectivity index (χ1) is 13.5. The quantitative estimate of drug-likeness (QED) is 0.328. The van der Waals surface area contributed by atoms with E-state index >= 15 is 0 Å². The summed E-state index contributed by atoms with van der Waals surface area (Å²) in [4.78, 5) is 15.7. The van der Waals surface area contributed by atoms with Gasteiger partial charge in [-0.15, -0.1) is 0 Å². The molecule has 11 heteroatoms. The number of aliphatic hydroxyl groups is 3. The van der Waals surface area contributed by atoms with Gasteiger partial charge in [0.05, 0.1) is 12.9 Å². The van der Waals surface area contributed by atoms with Gasteiger partial charge in [-0.05, 0) is 20.5 Å². The largest absolute Gasteiger partial charge is 0.394 e. The van der Waals surface area contributed by atoms with Crippen LogP contribution >= 0.6 is 11.8 Å². The molecule has 0 aromatic carbocycles. The van der Waals surface area contributed by atoms with E-state index in [2.05, 4.69) is 32.1 Å². The minimum Gasteiger partial charge on any atom is -0.394 e. The maximum atomic E-state index is 10.4. The molecular weight excluding hydrogens is 384 g/mol. The van der Waals surface area contributed by atoms with Crippen LogP contribution in [0.1, 0.15) is 19.6 Å². The standard InChI is InChI=1S/C17H28N6O4S/c1-4-7-28-17-20-14(18-5-6-22(2)3)11-15(21-17)23(9-19-11)16-13(26)12(25)10(8-24)27-16/h9-10,12-13,16,24-26H,4-8H2,1-3H3,(H,18,20,21)/t10-,12?,13?,16-/m1/s1. The van der Waals surface area contributed by atoms with Crippen molar-refractivity contribution in [1.29, 1.82) is 0 Å². The van der Waals surface area contributed by atoms with Crippen molar-refractivity contribution in [2.24, 2.45) is 0 Å². The number of nitrogens with one attached hydrogen (secondary N) is 1. The van der Waals surface area contributed by atoms with Gasteiger partial charge in [0.1, 0.15) is 18.3 Å². The molecule has 0 amide bonds. The number of rotatable bonds is 9. The van der Waals surface area contributed by atoms with Crippen molar-refractivity contribution in [3.63, 3.8) is 0 Å². The van der Waals surface area contributed by atoms with Crippen LogP contribution in [0.25, 0.3) is 11.2 Å². The van der Waals surface area contributed by atoms with Crippen LogP contribution in [0, 0.1) is 0 Å². The highest BCUT2D eigenvalue weighted by Crippen LogP contribution is 2.33. The van der Waals surface area contributed by atoms with Crippen molar-refractivity contribution >= 4 is 28.7 Å². The highest BCUT2D eigenvalue weighted by Gasteiger charge is 2.44. The first-order valence-electron chi connectivity index (χ1n) is 9.34. The number of thioether (sulfide) groups is 1. The monoisotopic (exact) mass is 412 g/mol. The highest BCUT2D eigenvalue weighted by atomic mass is 32.2. The van der Waals surface area contributed by atoms with Crippen LogP contribution in [0.15, 0.2) is 11.5 Å². The van der Waals surface area contributed by atoms with Gasteiger partial charge < -0.3 is 30.3 Å². The van der Waals surface area contributed by atoms with Gasteiger partial charge in [-0.25, -0.2) is 15.0 Å². The molecule has 0 bridgehead atoms. The Morgan fingerprint density at radius 3 is 2.71 bits per heavy atom. The Morgan fingerprint density at radius 1 is 1.29 bits per heavy atom. The number of nitrogens with zero attached hydrogens (tertiary/aromatic N) is 5. The predicted molar refractivity (Wildman–Crippen MR) is 106 cm³/mol. The molecule has 0 aliphatic carbocycles. The van der Waals surface area contributed by atoms with Gasteiger partial charge in [-0.3, -0.25) is 4.57 Å². The Morgan fingerprint density at radius 2 is 2.07 bits per heavy atom. The minimum absolute atomic E-state index is 0.384. The number of aliphatic hydroxyl groups excluding tert-OH is 3. The molecule has 2 aromatic rings. The molecule has 1 fully saturated rings. The first kappa shape index (κ1) is 21.2. The number of hydrogen-bond acceptors (Lipinski definition) is 10. The normalized spacial score (nSPS) is 25.1. The average Bonchev–Trinajstić information content (AvgIpc) is 3.21. The zero-order valence-electron chi connectivity index (χ0n) is 16.3. The van der Waals surface area contributed by atoms with Gasteiger partial charge in [-0.1, -0.05) is 18.7 Å². The Hall–Kier alpha value is -1.50. The molecule has 0 radical (unpaired) electrons. The maximum Gasteiger partial charge on any atom is 0.191 e. The van der Waals surface area contributed by atoms with E-state index in [1.807, 2.05) is 14.1 Å². The molecule has 4 N–H and O–H groups in total. The summed E-state index contributed by atoms with van der Waals surface area (Å²) >= 11 is 1.54. The first-order valence-corrected chi connectivity index (χ1v) is 10.3. The predicted octanol–water partition coefficient (Wildman–Crippen LogP) is -0.0866. The third-order valence-corrected chi connectivity index (χ3v) is 5.53. The number of imidazole rings is 1. The van der Waals surface area contributed by atoms with Crippen LogP contribution < -0.4 is 5.32 Å². The van der Waals surface area contributed by atoms with Gasteiger partial charge >= 0.3 is 0 Å². The second kappa shape index (κ2) is 9.33. The molecule has 10 nitrogen and oxygen atoms in total. The van der Waals surface area contributed by atoms with E-state index in [4.69, 9.17) is 4.74 Å². The Bertz CT molecular complexity index is 788. The van der Waals surface area contributed by atoms with Crippen LogP contribution in [0.3, 0.4) is 0 Å². The number of hydrogen-bond donors (Lipinski definition) is 4. The van der Waals surface area contributed by atoms with Gasteiger partial charge in [-0.2, -0.15) is 0 Å². The number of likely N-dealkylation sites (N-methyl/N-ethyl adjacent to an activating group) is 1. The van der Waals surface area contributed by atoms with E-state index in [9.17, 15) is 15.3 Å². The van der Waals surface area contributed by atoms with Crippen molar-refractivity contribution in [2.75, 3.05) is 44.9 Å². The van der Waals surface area contributed by atoms with E-state index < -0.39 is 24.5 Å². The van der Waals surface area contributed by atoms with Crippen molar-refractivity contribution in [3.05, 3.63) is 6.33 Å². The van der Waals surface area contributed by atoms with Crippen LogP contribution in [0.4, 0.5) is 5.82 Å². The molecule has 28 heavy (non-hydrogen) atoms. The maximum absolute atomic E-state index is 10.4. The molecule has 4 atom stereocenters. The fraction of sp³-hybridized carbons (Fsp3) is 0.706. The number of anilines is 1. The molecule has 3 heterocycles. The Balaban J connectivity index is 1.96. The molecule has 1 aliphatic heterocycles. The third kappa shape index (κ3) is 4.39.